The fourth-order valence-corrected chi connectivity index (χ4v) is 1.33. The van der Waals surface area contributed by atoms with Crippen molar-refractivity contribution in [2.75, 3.05) is 26.4 Å². The molecule has 2 rings (SSSR count). The number of hydrogen-bond acceptors (Lipinski definition) is 4. The van der Waals surface area contributed by atoms with Gasteiger partial charge in [0.25, 0.3) is 0 Å². The van der Waals surface area contributed by atoms with Gasteiger partial charge >= 0.3 is 0 Å². The topological polar surface area (TPSA) is 36.9 Å². The van der Waals surface area contributed by atoms with E-state index in [2.05, 4.69) is 0 Å². The minimum atomic E-state index is -0.670. The molecule has 0 aromatic carbocycles. The van der Waals surface area contributed by atoms with Crippen molar-refractivity contribution < 1.29 is 18.9 Å². The number of ether oxygens (including phenoxy) is 4. The first-order chi connectivity index (χ1) is 5.31. The van der Waals surface area contributed by atoms with Crippen LogP contribution >= 0.6 is 0 Å². The van der Waals surface area contributed by atoms with Crippen LogP contribution in [0.5, 0.6) is 0 Å². The molecule has 0 aromatic heterocycles. The molecule has 0 aliphatic carbocycles. The van der Waals surface area contributed by atoms with Crippen molar-refractivity contribution in [1.29, 1.82) is 0 Å². The molecule has 0 radical (unpaired) electrons. The van der Waals surface area contributed by atoms with Gasteiger partial charge in [-0.25, -0.2) is 0 Å². The minimum absolute atomic E-state index is 0.343. The molecule has 2 fully saturated rings. The van der Waals surface area contributed by atoms with E-state index in [0.717, 1.165) is 0 Å². The standard InChI is InChI=1S/C7H12O4/c1-7(10-4-5-11-7)6-8-2-3-9-6/h6H,2-5H2,1H3. The first-order valence-electron chi connectivity index (χ1n) is 3.82. The molecule has 0 atom stereocenters. The van der Waals surface area contributed by atoms with Gasteiger partial charge in [0.1, 0.15) is 0 Å². The molecule has 0 amide bonds. The van der Waals surface area contributed by atoms with Crippen LogP contribution in [0, 0.1) is 0 Å². The summed E-state index contributed by atoms with van der Waals surface area (Å²) in [6.07, 6.45) is -0.343. The van der Waals surface area contributed by atoms with Gasteiger partial charge in [-0.2, -0.15) is 0 Å². The van der Waals surface area contributed by atoms with Gasteiger partial charge in [0.15, 0.2) is 0 Å². The normalized spacial score (nSPS) is 31.4. The lowest BCUT2D eigenvalue weighted by Crippen LogP contribution is -2.41. The zero-order valence-electron chi connectivity index (χ0n) is 6.54. The van der Waals surface area contributed by atoms with Gasteiger partial charge in [-0.15, -0.1) is 0 Å². The van der Waals surface area contributed by atoms with Crippen LogP contribution in [0.25, 0.3) is 0 Å². The summed E-state index contributed by atoms with van der Waals surface area (Å²) in [5, 5.41) is 0. The molecule has 4 nitrogen and oxygen atoms in total. The Morgan fingerprint density at radius 2 is 1.55 bits per heavy atom. The van der Waals surface area contributed by atoms with Gasteiger partial charge in [-0.1, -0.05) is 0 Å². The molecule has 4 heteroatoms. The molecule has 0 saturated carbocycles. The first kappa shape index (κ1) is 7.49. The molecule has 0 unspecified atom stereocenters. The molecule has 0 N–H and O–H groups in total. The number of hydrogen-bond donors (Lipinski definition) is 0. The molecule has 64 valence electrons. The Balaban J connectivity index is 2.00. The van der Waals surface area contributed by atoms with Crippen LogP contribution in [0.2, 0.25) is 0 Å². The molecular weight excluding hydrogens is 148 g/mol. The maximum absolute atomic E-state index is 5.35. The summed E-state index contributed by atoms with van der Waals surface area (Å²) in [6.45, 7) is 4.36. The van der Waals surface area contributed by atoms with E-state index in [1.807, 2.05) is 6.92 Å². The Morgan fingerprint density at radius 1 is 1.00 bits per heavy atom. The summed E-state index contributed by atoms with van der Waals surface area (Å²) in [4.78, 5) is 0. The summed E-state index contributed by atoms with van der Waals surface area (Å²) in [7, 11) is 0. The van der Waals surface area contributed by atoms with Crippen molar-refractivity contribution >= 4 is 0 Å². The Kier molecular flexibility index (Phi) is 1.85. The van der Waals surface area contributed by atoms with Gasteiger partial charge in [0.2, 0.25) is 12.1 Å². The van der Waals surface area contributed by atoms with Crippen molar-refractivity contribution in [1.82, 2.24) is 0 Å². The third-order valence-corrected chi connectivity index (χ3v) is 1.91. The van der Waals surface area contributed by atoms with E-state index in [1.54, 1.807) is 0 Å². The lowest BCUT2D eigenvalue weighted by molar-refractivity contribution is -0.270. The summed E-state index contributed by atoms with van der Waals surface area (Å²) >= 11 is 0. The molecule has 11 heavy (non-hydrogen) atoms. The van der Waals surface area contributed by atoms with E-state index >= 15 is 0 Å². The molecule has 0 aromatic rings. The van der Waals surface area contributed by atoms with Crippen LogP contribution in [0.3, 0.4) is 0 Å². The van der Waals surface area contributed by atoms with Crippen molar-refractivity contribution in [2.45, 2.75) is 19.0 Å². The van der Waals surface area contributed by atoms with Crippen LogP contribution < -0.4 is 0 Å². The lowest BCUT2D eigenvalue weighted by Gasteiger charge is -2.26. The third-order valence-electron chi connectivity index (χ3n) is 1.91. The molecule has 2 aliphatic rings. The zero-order chi connectivity index (χ0) is 7.73. The largest absolute Gasteiger partial charge is 0.345 e. The van der Waals surface area contributed by atoms with Gasteiger partial charge < -0.3 is 18.9 Å². The monoisotopic (exact) mass is 160 g/mol. The zero-order valence-corrected chi connectivity index (χ0v) is 6.54. The molecule has 2 heterocycles. The van der Waals surface area contributed by atoms with Crippen molar-refractivity contribution in [3.05, 3.63) is 0 Å². The predicted molar refractivity (Wildman–Crippen MR) is 36.0 cm³/mol. The maximum atomic E-state index is 5.35. The Morgan fingerprint density at radius 3 is 2.09 bits per heavy atom. The molecule has 0 bridgehead atoms. The molecule has 0 spiro atoms. The summed E-state index contributed by atoms with van der Waals surface area (Å²) in [5.74, 6) is -0.670. The second-order valence-corrected chi connectivity index (χ2v) is 2.79. The predicted octanol–water partition coefficient (Wildman–Crippen LogP) is 0.122. The number of rotatable bonds is 1. The van der Waals surface area contributed by atoms with Crippen molar-refractivity contribution in [3.63, 3.8) is 0 Å². The average Bonchev–Trinajstić information content (AvgIpc) is 2.55. The fourth-order valence-electron chi connectivity index (χ4n) is 1.33. The van der Waals surface area contributed by atoms with Gasteiger partial charge in [0.05, 0.1) is 26.4 Å². The first-order valence-corrected chi connectivity index (χ1v) is 3.82. The van der Waals surface area contributed by atoms with E-state index in [4.69, 9.17) is 18.9 Å². The third kappa shape index (κ3) is 1.27. The minimum Gasteiger partial charge on any atom is -0.345 e. The molecule has 2 saturated heterocycles. The highest BCUT2D eigenvalue weighted by Crippen LogP contribution is 2.27. The summed E-state index contributed by atoms with van der Waals surface area (Å²) < 4.78 is 21.2. The summed E-state index contributed by atoms with van der Waals surface area (Å²) in [6, 6.07) is 0. The van der Waals surface area contributed by atoms with Crippen LogP contribution in [0.1, 0.15) is 6.92 Å². The average molecular weight is 160 g/mol. The van der Waals surface area contributed by atoms with Crippen molar-refractivity contribution in [2.24, 2.45) is 0 Å². The van der Waals surface area contributed by atoms with E-state index < -0.39 is 5.79 Å². The molecular formula is C7H12O4. The quantitative estimate of drug-likeness (QED) is 0.546. The fraction of sp³-hybridized carbons (Fsp3) is 1.00. The van der Waals surface area contributed by atoms with E-state index in [1.165, 1.54) is 0 Å². The van der Waals surface area contributed by atoms with Crippen LogP contribution in [-0.4, -0.2) is 38.5 Å². The summed E-state index contributed by atoms with van der Waals surface area (Å²) in [5.41, 5.74) is 0. The van der Waals surface area contributed by atoms with E-state index in [9.17, 15) is 0 Å². The maximum Gasteiger partial charge on any atom is 0.217 e. The van der Waals surface area contributed by atoms with Crippen LogP contribution in [0.15, 0.2) is 0 Å². The smallest absolute Gasteiger partial charge is 0.217 e. The SMILES string of the molecule is CC1(C2OCCO2)OCCO1. The van der Waals surface area contributed by atoms with Gasteiger partial charge in [-0.3, -0.25) is 0 Å². The highest BCUT2D eigenvalue weighted by molar-refractivity contribution is 4.74. The second-order valence-electron chi connectivity index (χ2n) is 2.79. The van der Waals surface area contributed by atoms with Gasteiger partial charge in [-0.05, 0) is 6.92 Å². The molecule has 2 aliphatic heterocycles. The van der Waals surface area contributed by atoms with Crippen LogP contribution in [0.4, 0.5) is 0 Å². The van der Waals surface area contributed by atoms with E-state index in [-0.39, 0.29) is 6.29 Å². The van der Waals surface area contributed by atoms with Gasteiger partial charge in [0, 0.05) is 0 Å². The Bertz CT molecular complexity index is 135. The van der Waals surface area contributed by atoms with E-state index in [0.29, 0.717) is 26.4 Å². The Hall–Kier alpha value is -0.160. The van der Waals surface area contributed by atoms with Crippen LogP contribution in [-0.2, 0) is 18.9 Å². The Labute approximate surface area is 65.4 Å². The highest BCUT2D eigenvalue weighted by atomic mass is 16.8. The highest BCUT2D eigenvalue weighted by Gasteiger charge is 2.43. The van der Waals surface area contributed by atoms with Crippen molar-refractivity contribution in [3.8, 4) is 0 Å². The second kappa shape index (κ2) is 2.71. The lowest BCUT2D eigenvalue weighted by atomic mass is 10.3.